The quantitative estimate of drug-likeness (QED) is 0.356. The van der Waals surface area contributed by atoms with Gasteiger partial charge in [0.2, 0.25) is 0 Å². The molecule has 178 valence electrons. The molecule has 0 aliphatic carbocycles. The number of hydrogen-bond donors (Lipinski definition) is 2. The summed E-state index contributed by atoms with van der Waals surface area (Å²) >= 11 is 4.58. The van der Waals surface area contributed by atoms with E-state index in [2.05, 4.69) is 12.6 Å². The molecule has 1 fully saturated rings. The van der Waals surface area contributed by atoms with E-state index in [-0.39, 0.29) is 13.2 Å². The van der Waals surface area contributed by atoms with Crippen LogP contribution in [0.5, 0.6) is 0 Å². The van der Waals surface area contributed by atoms with Crippen LogP contribution in [-0.4, -0.2) is 47.5 Å². The highest BCUT2D eigenvalue weighted by Crippen LogP contribution is 2.31. The second-order valence-electron chi connectivity index (χ2n) is 8.01. The van der Waals surface area contributed by atoms with Crippen molar-refractivity contribution < 1.29 is 28.8 Å². The van der Waals surface area contributed by atoms with E-state index in [9.17, 15) is 9.90 Å². The van der Waals surface area contributed by atoms with Crippen LogP contribution in [0.25, 0.3) is 0 Å². The molecule has 0 amide bonds. The Balaban J connectivity index is 1.57. The van der Waals surface area contributed by atoms with Crippen molar-refractivity contribution in [1.29, 1.82) is 0 Å². The smallest absolute Gasteiger partial charge is 0.338 e. The zero-order valence-corrected chi connectivity index (χ0v) is 19.5. The van der Waals surface area contributed by atoms with Gasteiger partial charge < -0.3 is 24.1 Å². The van der Waals surface area contributed by atoms with Gasteiger partial charge in [0.25, 0.3) is 0 Å². The zero-order chi connectivity index (χ0) is 23.8. The molecule has 0 radical (unpaired) electrons. The fourth-order valence-corrected chi connectivity index (χ4v) is 4.26. The van der Waals surface area contributed by atoms with Crippen molar-refractivity contribution in [2.24, 2.45) is 0 Å². The first-order valence-corrected chi connectivity index (χ1v) is 11.7. The van der Waals surface area contributed by atoms with Crippen LogP contribution in [0.4, 0.5) is 0 Å². The van der Waals surface area contributed by atoms with Crippen molar-refractivity contribution in [3.8, 4) is 0 Å². The lowest BCUT2D eigenvalue weighted by molar-refractivity contribution is -0.236. The van der Waals surface area contributed by atoms with E-state index in [1.165, 1.54) is 0 Å². The number of esters is 1. The van der Waals surface area contributed by atoms with Gasteiger partial charge in [0.15, 0.2) is 6.10 Å². The lowest BCUT2D eigenvalue weighted by Gasteiger charge is -2.44. The van der Waals surface area contributed by atoms with Gasteiger partial charge >= 0.3 is 5.97 Å². The second-order valence-corrected chi connectivity index (χ2v) is 8.52. The van der Waals surface area contributed by atoms with Crippen molar-refractivity contribution >= 4 is 18.6 Å². The lowest BCUT2D eigenvalue weighted by atomic mass is 9.99. The first kappa shape index (κ1) is 24.4. The number of aliphatic hydroxyl groups is 1. The van der Waals surface area contributed by atoms with E-state index >= 15 is 0 Å². The molecular formula is C27H28O6S. The van der Waals surface area contributed by atoms with Gasteiger partial charge in [0.1, 0.15) is 23.7 Å². The van der Waals surface area contributed by atoms with Gasteiger partial charge in [-0.15, -0.1) is 12.6 Å². The van der Waals surface area contributed by atoms with Crippen LogP contribution in [0, 0.1) is 0 Å². The lowest BCUT2D eigenvalue weighted by Crippen LogP contribution is -2.60. The number of carbonyl (C=O) groups excluding carboxylic acids is 1. The maximum Gasteiger partial charge on any atom is 0.338 e. The van der Waals surface area contributed by atoms with Gasteiger partial charge in [-0.25, -0.2) is 4.79 Å². The van der Waals surface area contributed by atoms with Crippen molar-refractivity contribution in [3.63, 3.8) is 0 Å². The summed E-state index contributed by atoms with van der Waals surface area (Å²) < 4.78 is 24.2. The second kappa shape index (κ2) is 12.1. The highest BCUT2D eigenvalue weighted by Gasteiger charge is 2.48. The van der Waals surface area contributed by atoms with E-state index in [1.54, 1.807) is 24.3 Å². The van der Waals surface area contributed by atoms with Crippen LogP contribution < -0.4 is 0 Å². The fraction of sp³-hybridized carbons (Fsp3) is 0.296. The molecule has 0 aromatic heterocycles. The molecule has 1 N–H and O–H groups in total. The fourth-order valence-electron chi connectivity index (χ4n) is 3.85. The number of thiol groups is 1. The first-order valence-electron chi connectivity index (χ1n) is 11.2. The van der Waals surface area contributed by atoms with Gasteiger partial charge in [-0.05, 0) is 23.3 Å². The van der Waals surface area contributed by atoms with E-state index in [0.29, 0.717) is 12.2 Å². The average molecular weight is 481 g/mol. The molecule has 1 aliphatic heterocycles. The van der Waals surface area contributed by atoms with Crippen molar-refractivity contribution in [2.45, 2.75) is 43.1 Å². The van der Waals surface area contributed by atoms with Crippen molar-refractivity contribution in [3.05, 3.63) is 108 Å². The summed E-state index contributed by atoms with van der Waals surface area (Å²) in [5.41, 5.74) is 1.65. The number of carbonyl (C=O) groups is 1. The molecule has 5 atom stereocenters. The molecule has 6 nitrogen and oxygen atoms in total. The maximum absolute atomic E-state index is 12.9. The minimum atomic E-state index is -0.898. The Morgan fingerprint density at radius 1 is 0.765 bits per heavy atom. The van der Waals surface area contributed by atoms with Crippen LogP contribution in [0.1, 0.15) is 21.5 Å². The van der Waals surface area contributed by atoms with Crippen LogP contribution in [-0.2, 0) is 32.2 Å². The van der Waals surface area contributed by atoms with Crippen LogP contribution in [0.15, 0.2) is 91.0 Å². The third kappa shape index (κ3) is 6.25. The molecular weight excluding hydrogens is 452 g/mol. The van der Waals surface area contributed by atoms with E-state index in [4.69, 9.17) is 18.9 Å². The third-order valence-electron chi connectivity index (χ3n) is 5.61. The predicted molar refractivity (Wildman–Crippen MR) is 130 cm³/mol. The first-order chi connectivity index (χ1) is 16.7. The molecule has 1 aliphatic rings. The Kier molecular flexibility index (Phi) is 8.73. The monoisotopic (exact) mass is 480 g/mol. The minimum absolute atomic E-state index is 0.273. The van der Waals surface area contributed by atoms with Crippen LogP contribution >= 0.6 is 12.6 Å². The molecule has 7 heteroatoms. The molecule has 4 rings (SSSR count). The average Bonchev–Trinajstić information content (AvgIpc) is 2.89. The molecule has 1 heterocycles. The van der Waals surface area contributed by atoms with E-state index in [0.717, 1.165) is 11.1 Å². The van der Waals surface area contributed by atoms with Crippen LogP contribution in [0.3, 0.4) is 0 Å². The summed E-state index contributed by atoms with van der Waals surface area (Å²) in [5.74, 6) is -0.527. The normalized spacial score (nSPS) is 24.5. The number of ether oxygens (including phenoxy) is 4. The highest BCUT2D eigenvalue weighted by molar-refractivity contribution is 7.80. The van der Waals surface area contributed by atoms with Crippen molar-refractivity contribution in [2.75, 3.05) is 6.61 Å². The standard InChI is InChI=1S/C27H28O6S/c28-16-22-23(33-26(29)21-14-8-3-9-15-21)24(30-17-19-10-4-1-5-11-19)25(27(34)32-22)31-18-20-12-6-2-7-13-20/h1-15,22-25,27-28,34H,16-18H2/t22-,23-,24+,25-,27-/m1/s1. The zero-order valence-electron chi connectivity index (χ0n) is 18.6. The SMILES string of the molecule is O=C(O[C@H]1[C@H](OCc2ccccc2)[C@@H](OCc2ccccc2)[C@@H](S)O[C@@H]1CO)c1ccccc1. The highest BCUT2D eigenvalue weighted by atomic mass is 32.1. The van der Waals surface area contributed by atoms with Gasteiger partial charge in [-0.2, -0.15) is 0 Å². The Hall–Kier alpha value is -2.68. The number of aliphatic hydroxyl groups excluding tert-OH is 1. The van der Waals surface area contributed by atoms with Crippen LogP contribution in [0.2, 0.25) is 0 Å². The number of rotatable bonds is 9. The molecule has 3 aromatic carbocycles. The predicted octanol–water partition coefficient (Wildman–Crippen LogP) is 4.03. The summed E-state index contributed by atoms with van der Waals surface area (Å²) in [6.45, 7) is 0.218. The molecule has 0 spiro atoms. The van der Waals surface area contributed by atoms with Gasteiger partial charge in [-0.3, -0.25) is 0 Å². The summed E-state index contributed by atoms with van der Waals surface area (Å²) in [6, 6.07) is 28.1. The molecule has 3 aromatic rings. The molecule has 1 saturated heterocycles. The van der Waals surface area contributed by atoms with Gasteiger partial charge in [0, 0.05) is 0 Å². The van der Waals surface area contributed by atoms with Gasteiger partial charge in [0.05, 0.1) is 25.4 Å². The van der Waals surface area contributed by atoms with Crippen molar-refractivity contribution in [1.82, 2.24) is 0 Å². The Labute approximate surface area is 204 Å². The molecule has 0 bridgehead atoms. The third-order valence-corrected chi connectivity index (χ3v) is 6.03. The summed E-state index contributed by atoms with van der Waals surface area (Å²) in [5, 5.41) is 10.0. The topological polar surface area (TPSA) is 74.2 Å². The summed E-state index contributed by atoms with van der Waals surface area (Å²) in [4.78, 5) is 12.9. The Morgan fingerprint density at radius 2 is 1.26 bits per heavy atom. The van der Waals surface area contributed by atoms with E-state index in [1.807, 2.05) is 66.7 Å². The largest absolute Gasteiger partial charge is 0.453 e. The molecule has 0 saturated carbocycles. The Morgan fingerprint density at radius 3 is 1.79 bits per heavy atom. The maximum atomic E-state index is 12.9. The summed E-state index contributed by atoms with van der Waals surface area (Å²) in [7, 11) is 0. The van der Waals surface area contributed by atoms with E-state index < -0.39 is 35.8 Å². The number of hydrogen-bond acceptors (Lipinski definition) is 7. The Bertz CT molecular complexity index is 1020. The minimum Gasteiger partial charge on any atom is -0.453 e. The molecule has 0 unspecified atom stereocenters. The summed E-state index contributed by atoms with van der Waals surface area (Å²) in [6.07, 6.45) is -3.08. The molecule has 34 heavy (non-hydrogen) atoms. The van der Waals surface area contributed by atoms with Gasteiger partial charge in [-0.1, -0.05) is 78.9 Å². The number of benzene rings is 3.